The highest BCUT2D eigenvalue weighted by Crippen LogP contribution is 2.43. The van der Waals surface area contributed by atoms with Gasteiger partial charge in [-0.25, -0.2) is 8.42 Å². The van der Waals surface area contributed by atoms with Gasteiger partial charge in [0, 0.05) is 25.5 Å². The number of aliphatic hydroxyl groups excluding tert-OH is 1. The Morgan fingerprint density at radius 3 is 2.40 bits per heavy atom. The average molecular weight is 583 g/mol. The molecule has 0 aromatic carbocycles. The number of hydrogen-bond acceptors (Lipinski definition) is 7. The fourth-order valence-corrected chi connectivity index (χ4v) is 6.67. The van der Waals surface area contributed by atoms with E-state index in [4.69, 9.17) is 0 Å². The number of nitrogens with zero attached hydrogens (tertiary/aromatic N) is 3. The summed E-state index contributed by atoms with van der Waals surface area (Å²) in [5, 5.41) is 12.6. The highest BCUT2D eigenvalue weighted by atomic mass is 32.2. The Balaban J connectivity index is 1.44. The van der Waals surface area contributed by atoms with Gasteiger partial charge in [0.15, 0.2) is 9.84 Å². The molecule has 0 radical (unpaired) electrons. The van der Waals surface area contributed by atoms with Crippen LogP contribution in [0.25, 0.3) is 0 Å². The Morgan fingerprint density at radius 2 is 1.85 bits per heavy atom. The van der Waals surface area contributed by atoms with Crippen LogP contribution in [-0.4, -0.2) is 59.4 Å². The zero-order valence-corrected chi connectivity index (χ0v) is 23.8. The number of rotatable bonds is 9. The second kappa shape index (κ2) is 12.1. The zero-order chi connectivity index (χ0) is 29.2. The van der Waals surface area contributed by atoms with Gasteiger partial charge in [-0.15, -0.1) is 0 Å². The molecule has 2 aliphatic rings. The first-order chi connectivity index (χ1) is 18.8. The Hall–Kier alpha value is -2.57. The molecule has 4 rings (SSSR count). The number of amides is 1. The molecular formula is C28H37F3N4O4S. The van der Waals surface area contributed by atoms with Crippen molar-refractivity contribution in [2.45, 2.75) is 76.2 Å². The van der Waals surface area contributed by atoms with Crippen molar-refractivity contribution in [2.24, 2.45) is 17.8 Å². The van der Waals surface area contributed by atoms with Crippen molar-refractivity contribution in [3.05, 3.63) is 53.1 Å². The summed E-state index contributed by atoms with van der Waals surface area (Å²) in [4.78, 5) is 24.2. The third-order valence-electron chi connectivity index (χ3n) is 8.09. The highest BCUT2D eigenvalue weighted by Gasteiger charge is 2.42. The van der Waals surface area contributed by atoms with Crippen LogP contribution in [0.2, 0.25) is 0 Å². The number of alkyl halides is 3. The molecule has 1 amide bonds. The summed E-state index contributed by atoms with van der Waals surface area (Å²) in [6.07, 6.45) is 0.0243. The summed E-state index contributed by atoms with van der Waals surface area (Å²) in [7, 11) is -3.42. The molecule has 3 heterocycles. The van der Waals surface area contributed by atoms with Crippen molar-refractivity contribution >= 4 is 15.7 Å². The lowest BCUT2D eigenvalue weighted by Crippen LogP contribution is -2.35. The van der Waals surface area contributed by atoms with Gasteiger partial charge in [-0.2, -0.15) is 13.2 Å². The summed E-state index contributed by atoms with van der Waals surface area (Å²) in [5.41, 5.74) is 2.43. The van der Waals surface area contributed by atoms with Gasteiger partial charge in [-0.3, -0.25) is 19.7 Å². The molecule has 220 valence electrons. The molecule has 2 aromatic heterocycles. The molecule has 1 aliphatic heterocycles. The van der Waals surface area contributed by atoms with Crippen LogP contribution in [0.3, 0.4) is 0 Å². The Kier molecular flexibility index (Phi) is 9.21. The molecule has 0 bridgehead atoms. The van der Waals surface area contributed by atoms with Crippen LogP contribution in [0.4, 0.5) is 13.2 Å². The molecule has 1 fully saturated rings. The van der Waals surface area contributed by atoms with Crippen LogP contribution in [0.5, 0.6) is 0 Å². The standard InChI is InChI=1S/C28H37F3N4O4S/c1-4-40(38,39)22-9-10-23(32-13-22)24(16-36)34-27(37)19-11-20-15-35(26(17(2)3)25(20)33-12-19)14-18-5-7-21(8-6-18)28(29,30)31/h9-13,17-18,21,24,26,36H,4-8,14-16H2,1-3H3,(H,34,37)/t18?,21?,24-,26+/m1/s1. The minimum absolute atomic E-state index is 0.0137. The van der Waals surface area contributed by atoms with E-state index in [1.54, 1.807) is 6.07 Å². The maximum Gasteiger partial charge on any atom is 0.391 e. The van der Waals surface area contributed by atoms with Gasteiger partial charge in [-0.1, -0.05) is 20.8 Å². The first-order valence-corrected chi connectivity index (χ1v) is 15.4. The van der Waals surface area contributed by atoms with Gasteiger partial charge in [0.05, 0.1) is 52.2 Å². The molecule has 12 heteroatoms. The predicted molar refractivity (Wildman–Crippen MR) is 143 cm³/mol. The normalized spacial score (nSPS) is 22.8. The maximum absolute atomic E-state index is 13.1. The van der Waals surface area contributed by atoms with Crippen LogP contribution in [0.15, 0.2) is 35.5 Å². The van der Waals surface area contributed by atoms with Crippen molar-refractivity contribution in [1.82, 2.24) is 20.2 Å². The fraction of sp³-hybridized carbons (Fsp3) is 0.607. The van der Waals surface area contributed by atoms with Gasteiger partial charge in [-0.05, 0) is 61.3 Å². The minimum atomic E-state index is -4.12. The number of hydrogen-bond donors (Lipinski definition) is 2. The van der Waals surface area contributed by atoms with E-state index in [2.05, 4.69) is 34.0 Å². The van der Waals surface area contributed by atoms with Gasteiger partial charge in [0.25, 0.3) is 5.91 Å². The molecule has 1 aliphatic carbocycles. The van der Waals surface area contributed by atoms with Crippen molar-refractivity contribution < 1.29 is 31.5 Å². The first-order valence-electron chi connectivity index (χ1n) is 13.7. The van der Waals surface area contributed by atoms with E-state index in [9.17, 15) is 31.5 Å². The smallest absolute Gasteiger partial charge is 0.391 e. The third kappa shape index (κ3) is 6.66. The molecule has 2 atom stereocenters. The van der Waals surface area contributed by atoms with Crippen molar-refractivity contribution in [1.29, 1.82) is 0 Å². The number of halogens is 3. The summed E-state index contributed by atoms with van der Waals surface area (Å²) < 4.78 is 63.4. The SMILES string of the molecule is CCS(=O)(=O)c1ccc([C@@H](CO)NC(=O)c2cnc3c(c2)CN(CC2CCC(C(F)(F)F)CC2)[C@H]3C(C)C)nc1. The number of sulfone groups is 1. The maximum atomic E-state index is 13.1. The van der Waals surface area contributed by atoms with Crippen molar-refractivity contribution in [2.75, 3.05) is 18.9 Å². The minimum Gasteiger partial charge on any atom is -0.394 e. The molecule has 2 aromatic rings. The number of nitrogens with one attached hydrogen (secondary N) is 1. The second-order valence-corrected chi connectivity index (χ2v) is 13.5. The Morgan fingerprint density at radius 1 is 1.15 bits per heavy atom. The van der Waals surface area contributed by atoms with Gasteiger partial charge in [0.1, 0.15) is 0 Å². The van der Waals surface area contributed by atoms with Crippen LogP contribution < -0.4 is 5.32 Å². The molecule has 0 spiro atoms. The number of aromatic nitrogens is 2. The fourth-order valence-electron chi connectivity index (χ4n) is 5.85. The van der Waals surface area contributed by atoms with Gasteiger partial charge >= 0.3 is 6.18 Å². The summed E-state index contributed by atoms with van der Waals surface area (Å²) in [5.74, 6) is -1.30. The molecule has 40 heavy (non-hydrogen) atoms. The molecule has 0 saturated heterocycles. The lowest BCUT2D eigenvalue weighted by atomic mass is 9.81. The van der Waals surface area contributed by atoms with E-state index >= 15 is 0 Å². The van der Waals surface area contributed by atoms with E-state index in [1.165, 1.54) is 31.5 Å². The van der Waals surface area contributed by atoms with E-state index in [-0.39, 0.29) is 41.4 Å². The Labute approximate surface area is 233 Å². The van der Waals surface area contributed by atoms with Crippen molar-refractivity contribution in [3.63, 3.8) is 0 Å². The lowest BCUT2D eigenvalue weighted by Gasteiger charge is -2.35. The monoisotopic (exact) mass is 582 g/mol. The number of carbonyl (C=O) groups is 1. The first kappa shape index (κ1) is 30.4. The van der Waals surface area contributed by atoms with Gasteiger partial charge < -0.3 is 10.4 Å². The second-order valence-electron chi connectivity index (χ2n) is 11.2. The predicted octanol–water partition coefficient (Wildman–Crippen LogP) is 4.62. The number of fused-ring (bicyclic) bond motifs is 1. The lowest BCUT2D eigenvalue weighted by molar-refractivity contribution is -0.184. The van der Waals surface area contributed by atoms with Crippen LogP contribution in [0.1, 0.15) is 85.8 Å². The number of carbonyl (C=O) groups excluding carboxylic acids is 1. The van der Waals surface area contributed by atoms with Crippen LogP contribution in [0, 0.1) is 17.8 Å². The summed E-state index contributed by atoms with van der Waals surface area (Å²) in [6, 6.07) is 3.83. The quantitative estimate of drug-likeness (QED) is 0.444. The highest BCUT2D eigenvalue weighted by molar-refractivity contribution is 7.91. The van der Waals surface area contributed by atoms with Gasteiger partial charge in [0.2, 0.25) is 0 Å². The molecule has 2 N–H and O–H groups in total. The Bertz CT molecular complexity index is 1290. The van der Waals surface area contributed by atoms with E-state index in [0.29, 0.717) is 37.2 Å². The van der Waals surface area contributed by atoms with Crippen LogP contribution >= 0.6 is 0 Å². The summed E-state index contributed by atoms with van der Waals surface area (Å²) >= 11 is 0. The summed E-state index contributed by atoms with van der Waals surface area (Å²) in [6.45, 7) is 6.53. The third-order valence-corrected chi connectivity index (χ3v) is 9.81. The molecule has 8 nitrogen and oxygen atoms in total. The molecular weight excluding hydrogens is 545 g/mol. The van der Waals surface area contributed by atoms with Crippen molar-refractivity contribution in [3.8, 4) is 0 Å². The molecule has 0 unspecified atom stereocenters. The zero-order valence-electron chi connectivity index (χ0n) is 23.0. The van der Waals surface area contributed by atoms with E-state index < -0.39 is 40.5 Å². The van der Waals surface area contributed by atoms with E-state index in [1.807, 2.05) is 0 Å². The van der Waals surface area contributed by atoms with Crippen LogP contribution in [-0.2, 0) is 16.4 Å². The largest absolute Gasteiger partial charge is 0.394 e. The molecule has 1 saturated carbocycles. The van der Waals surface area contributed by atoms with E-state index in [0.717, 1.165) is 11.3 Å². The topological polar surface area (TPSA) is 112 Å². The number of pyridine rings is 2. The number of aliphatic hydroxyl groups is 1. The average Bonchev–Trinajstić information content (AvgIpc) is 3.28.